The third-order valence-electron chi connectivity index (χ3n) is 2.20. The van der Waals surface area contributed by atoms with Crippen LogP contribution in [-0.2, 0) is 16.0 Å². The number of esters is 1. The molecule has 102 valence electrons. The number of alkyl halides is 2. The number of nitrogens with zero attached hydrogens (tertiary/aromatic N) is 1. The zero-order chi connectivity index (χ0) is 14.4. The van der Waals surface area contributed by atoms with Crippen LogP contribution in [-0.4, -0.2) is 24.3 Å². The van der Waals surface area contributed by atoms with Gasteiger partial charge in [-0.05, 0) is 19.1 Å². The van der Waals surface area contributed by atoms with Gasteiger partial charge in [0.15, 0.2) is 0 Å². The number of carbonyl (C=O) groups is 1. The van der Waals surface area contributed by atoms with Gasteiger partial charge in [0.25, 0.3) is 0 Å². The summed E-state index contributed by atoms with van der Waals surface area (Å²) >= 11 is 0. The van der Waals surface area contributed by atoms with Crippen molar-refractivity contribution in [3.63, 3.8) is 0 Å². The highest BCUT2D eigenvalue weighted by molar-refractivity contribution is 5.75. The predicted molar refractivity (Wildman–Crippen MR) is 59.8 cm³/mol. The number of halogens is 2. The normalized spacial score (nSPS) is 10.1. The van der Waals surface area contributed by atoms with E-state index < -0.39 is 24.8 Å². The number of carbonyl (C=O) groups excluding carboxylic acids is 1. The van der Waals surface area contributed by atoms with E-state index in [0.717, 1.165) is 12.1 Å². The zero-order valence-corrected chi connectivity index (χ0v) is 10.0. The Morgan fingerprint density at radius 3 is 2.74 bits per heavy atom. The lowest BCUT2D eigenvalue weighted by atomic mass is 10.1. The first-order valence-corrected chi connectivity index (χ1v) is 5.35. The molecule has 1 N–H and O–H groups in total. The molecule has 1 rings (SSSR count). The first kappa shape index (κ1) is 14.7. The molecule has 0 unspecified atom stereocenters. The van der Waals surface area contributed by atoms with E-state index in [1.807, 2.05) is 0 Å². The quantitative estimate of drug-likeness (QED) is 0.828. The summed E-state index contributed by atoms with van der Waals surface area (Å²) in [6, 6.07) is 3.90. The largest absolute Gasteiger partial charge is 0.506 e. The van der Waals surface area contributed by atoms with Crippen molar-refractivity contribution in [1.82, 2.24) is 0 Å². The molecule has 0 fully saturated rings. The van der Waals surface area contributed by atoms with Crippen molar-refractivity contribution in [2.75, 3.05) is 6.61 Å². The summed E-state index contributed by atoms with van der Waals surface area (Å²) < 4.78 is 33.3. The zero-order valence-electron chi connectivity index (χ0n) is 10.0. The van der Waals surface area contributed by atoms with Gasteiger partial charge in [0, 0.05) is 5.56 Å². The summed E-state index contributed by atoms with van der Waals surface area (Å²) in [6.45, 7) is -1.41. The average molecular weight is 271 g/mol. The number of benzene rings is 1. The van der Waals surface area contributed by atoms with Crippen LogP contribution in [0, 0.1) is 11.3 Å². The third-order valence-corrected chi connectivity index (χ3v) is 2.20. The van der Waals surface area contributed by atoms with Crippen molar-refractivity contribution in [3.8, 4) is 17.6 Å². The Hall–Kier alpha value is -2.36. The molecule has 0 radical (unpaired) electrons. The molecule has 7 heteroatoms. The van der Waals surface area contributed by atoms with Gasteiger partial charge in [0.2, 0.25) is 0 Å². The molecule has 5 nitrogen and oxygen atoms in total. The molecule has 1 aromatic rings. The average Bonchev–Trinajstić information content (AvgIpc) is 2.34. The van der Waals surface area contributed by atoms with Crippen molar-refractivity contribution in [3.05, 3.63) is 23.3 Å². The number of hydrogen-bond donors (Lipinski definition) is 1. The second kappa shape index (κ2) is 6.54. The fourth-order valence-electron chi connectivity index (χ4n) is 1.44. The van der Waals surface area contributed by atoms with E-state index in [-0.39, 0.29) is 23.5 Å². The van der Waals surface area contributed by atoms with Gasteiger partial charge >= 0.3 is 12.6 Å². The molecule has 0 aliphatic rings. The number of phenolic OH excluding ortho intramolecular Hbond substituents is 1. The van der Waals surface area contributed by atoms with E-state index in [0.29, 0.717) is 0 Å². The Balaban J connectivity index is 3.15. The Labute approximate surface area is 108 Å². The van der Waals surface area contributed by atoms with Crippen LogP contribution in [0.25, 0.3) is 0 Å². The minimum absolute atomic E-state index is 0.114. The van der Waals surface area contributed by atoms with Gasteiger partial charge in [0.05, 0.1) is 18.6 Å². The second-order valence-corrected chi connectivity index (χ2v) is 3.41. The lowest BCUT2D eigenvalue weighted by molar-refractivity contribution is -0.142. The maximum atomic E-state index is 12.2. The number of nitriles is 1. The summed E-state index contributed by atoms with van der Waals surface area (Å²) in [5, 5.41) is 18.5. The molecule has 19 heavy (non-hydrogen) atoms. The highest BCUT2D eigenvalue weighted by Gasteiger charge is 2.19. The van der Waals surface area contributed by atoms with Crippen LogP contribution in [0.1, 0.15) is 18.1 Å². The maximum absolute atomic E-state index is 12.2. The second-order valence-electron chi connectivity index (χ2n) is 3.41. The first-order chi connectivity index (χ1) is 8.99. The summed E-state index contributed by atoms with van der Waals surface area (Å²) in [5.41, 5.74) is -0.335. The molecule has 0 bridgehead atoms. The smallest absolute Gasteiger partial charge is 0.387 e. The molecule has 0 spiro atoms. The molecule has 0 amide bonds. The lowest BCUT2D eigenvalue weighted by Crippen LogP contribution is -2.11. The summed E-state index contributed by atoms with van der Waals surface area (Å²) in [4.78, 5) is 11.3. The first-order valence-electron chi connectivity index (χ1n) is 5.35. The topological polar surface area (TPSA) is 79.5 Å². The van der Waals surface area contributed by atoms with Crippen LogP contribution in [0.15, 0.2) is 12.1 Å². The number of ether oxygens (including phenoxy) is 2. The fraction of sp³-hybridized carbons (Fsp3) is 0.333. The molecule has 0 saturated heterocycles. The summed E-state index contributed by atoms with van der Waals surface area (Å²) in [5.74, 6) is -1.64. The van der Waals surface area contributed by atoms with Crippen LogP contribution in [0.2, 0.25) is 0 Å². The van der Waals surface area contributed by atoms with Crippen LogP contribution in [0.3, 0.4) is 0 Å². The van der Waals surface area contributed by atoms with Gasteiger partial charge in [0.1, 0.15) is 17.6 Å². The Bertz CT molecular complexity index is 511. The number of hydrogen-bond acceptors (Lipinski definition) is 5. The number of rotatable bonds is 5. The van der Waals surface area contributed by atoms with Crippen molar-refractivity contribution < 1.29 is 28.2 Å². The highest BCUT2D eigenvalue weighted by Crippen LogP contribution is 2.32. The standard InChI is InChI=1S/C12H11F2NO4/c1-2-18-10(16)5-8-9(19-12(13)14)4-3-7(6-15)11(8)17/h3-4,12,17H,2,5H2,1H3. The fourth-order valence-corrected chi connectivity index (χ4v) is 1.44. The molecular weight excluding hydrogens is 260 g/mol. The van der Waals surface area contributed by atoms with Crippen molar-refractivity contribution in [2.24, 2.45) is 0 Å². The maximum Gasteiger partial charge on any atom is 0.387 e. The van der Waals surface area contributed by atoms with Crippen LogP contribution < -0.4 is 4.74 Å². The van der Waals surface area contributed by atoms with E-state index >= 15 is 0 Å². The van der Waals surface area contributed by atoms with E-state index in [1.54, 1.807) is 13.0 Å². The molecule has 0 saturated carbocycles. The number of phenols is 1. The van der Waals surface area contributed by atoms with Crippen molar-refractivity contribution >= 4 is 5.97 Å². The Morgan fingerprint density at radius 1 is 1.53 bits per heavy atom. The minimum atomic E-state index is -3.10. The van der Waals surface area contributed by atoms with Gasteiger partial charge in [-0.1, -0.05) is 0 Å². The molecular formula is C12H11F2NO4. The van der Waals surface area contributed by atoms with E-state index in [4.69, 9.17) is 5.26 Å². The van der Waals surface area contributed by atoms with Crippen molar-refractivity contribution in [1.29, 1.82) is 5.26 Å². The molecule has 0 aromatic heterocycles. The minimum Gasteiger partial charge on any atom is -0.506 e. The van der Waals surface area contributed by atoms with Crippen molar-refractivity contribution in [2.45, 2.75) is 20.0 Å². The van der Waals surface area contributed by atoms with E-state index in [1.165, 1.54) is 0 Å². The number of aromatic hydroxyl groups is 1. The van der Waals surface area contributed by atoms with Crippen LogP contribution >= 0.6 is 0 Å². The molecule has 0 heterocycles. The Morgan fingerprint density at radius 2 is 2.21 bits per heavy atom. The SMILES string of the molecule is CCOC(=O)Cc1c(OC(F)F)ccc(C#N)c1O. The van der Waals surface area contributed by atoms with Gasteiger partial charge in [-0.15, -0.1) is 0 Å². The summed E-state index contributed by atoms with van der Waals surface area (Å²) in [6.07, 6.45) is -0.461. The van der Waals surface area contributed by atoms with Gasteiger partial charge in [-0.2, -0.15) is 14.0 Å². The van der Waals surface area contributed by atoms with Crippen LogP contribution in [0.5, 0.6) is 11.5 Å². The van der Waals surface area contributed by atoms with Gasteiger partial charge < -0.3 is 14.6 Å². The lowest BCUT2D eigenvalue weighted by Gasteiger charge is -2.12. The molecule has 0 aliphatic carbocycles. The van der Waals surface area contributed by atoms with Crippen LogP contribution in [0.4, 0.5) is 8.78 Å². The Kier molecular flexibility index (Phi) is 5.06. The summed E-state index contributed by atoms with van der Waals surface area (Å²) in [7, 11) is 0. The molecule has 1 aromatic carbocycles. The van der Waals surface area contributed by atoms with Gasteiger partial charge in [-0.3, -0.25) is 4.79 Å². The molecule has 0 aliphatic heterocycles. The monoisotopic (exact) mass is 271 g/mol. The van der Waals surface area contributed by atoms with E-state index in [9.17, 15) is 18.7 Å². The van der Waals surface area contributed by atoms with E-state index in [2.05, 4.69) is 9.47 Å². The predicted octanol–water partition coefficient (Wildman–Crippen LogP) is 1.97. The molecule has 0 atom stereocenters. The third kappa shape index (κ3) is 3.81. The van der Waals surface area contributed by atoms with Gasteiger partial charge in [-0.25, -0.2) is 0 Å². The highest BCUT2D eigenvalue weighted by atomic mass is 19.3.